The largest absolute Gasteiger partial charge is 0.418 e. The van der Waals surface area contributed by atoms with Gasteiger partial charge in [0.05, 0.1) is 11.3 Å². The molecule has 0 spiro atoms. The number of anilines is 2. The highest BCUT2D eigenvalue weighted by Gasteiger charge is 2.34. The number of carbonyl (C=O) groups excluding carboxylic acids is 1. The molecular weight excluding hydrogens is 241 g/mol. The second-order valence-corrected chi connectivity index (χ2v) is 3.08. The van der Waals surface area contributed by atoms with Crippen LogP contribution in [0.3, 0.4) is 0 Å². The maximum Gasteiger partial charge on any atom is 0.418 e. The fraction of sp³-hybridized carbons (Fsp3) is 0.222. The zero-order chi connectivity index (χ0) is 13.1. The van der Waals surface area contributed by atoms with Gasteiger partial charge >= 0.3 is 6.18 Å². The van der Waals surface area contributed by atoms with Gasteiger partial charge in [-0.3, -0.25) is 15.5 Å². The maximum atomic E-state index is 12.5. The molecule has 0 unspecified atom stereocenters. The van der Waals surface area contributed by atoms with Crippen LogP contribution in [0.1, 0.15) is 5.56 Å². The van der Waals surface area contributed by atoms with E-state index >= 15 is 0 Å². The molecule has 0 heterocycles. The summed E-state index contributed by atoms with van der Waals surface area (Å²) in [6.45, 7) is -0.832. The molecule has 0 aliphatic rings. The highest BCUT2D eigenvalue weighted by atomic mass is 19.4. The average molecular weight is 250 g/mol. The Balaban J connectivity index is 3.09. The highest BCUT2D eigenvalue weighted by molar-refractivity contribution is 5.91. The molecule has 0 fully saturated rings. The van der Waals surface area contributed by atoms with Gasteiger partial charge in [0.25, 0.3) is 0 Å². The zero-order valence-electron chi connectivity index (χ0n) is 8.38. The summed E-state index contributed by atoms with van der Waals surface area (Å²) in [5.74, 6) is -0.831. The number of rotatable bonds is 3. The van der Waals surface area contributed by atoms with Crippen LogP contribution in [0, 0.1) is 0 Å². The van der Waals surface area contributed by atoms with E-state index in [0.29, 0.717) is 6.07 Å². The van der Waals surface area contributed by atoms with E-state index in [4.69, 9.17) is 10.3 Å². The van der Waals surface area contributed by atoms with Crippen molar-refractivity contribution in [1.82, 2.24) is 0 Å². The Morgan fingerprint density at radius 3 is 2.47 bits per heavy atom. The molecule has 0 radical (unpaired) electrons. The molecule has 94 valence electrons. The molecule has 5 nitrogen and oxygen atoms in total. The van der Waals surface area contributed by atoms with Crippen molar-refractivity contribution < 1.29 is 28.3 Å². The van der Waals surface area contributed by atoms with Gasteiger partial charge in [-0.2, -0.15) is 13.2 Å². The predicted molar refractivity (Wildman–Crippen MR) is 52.6 cm³/mol. The number of benzene rings is 1. The molecule has 0 saturated heterocycles. The van der Waals surface area contributed by atoms with Crippen LogP contribution in [0.4, 0.5) is 24.5 Å². The van der Waals surface area contributed by atoms with Crippen molar-refractivity contribution in [2.75, 3.05) is 17.4 Å². The average Bonchev–Trinajstić information content (AvgIpc) is 2.27. The summed E-state index contributed by atoms with van der Waals surface area (Å²) in [6.07, 6.45) is -4.68. The van der Waals surface area contributed by atoms with Crippen LogP contribution in [0.2, 0.25) is 0 Å². The van der Waals surface area contributed by atoms with E-state index < -0.39 is 29.9 Å². The van der Waals surface area contributed by atoms with Crippen LogP contribution in [-0.2, 0) is 11.0 Å². The number of halogens is 3. The predicted octanol–water partition coefficient (Wildman–Crippen LogP) is 1.44. The molecule has 0 aromatic heterocycles. The molecule has 1 aromatic rings. The minimum absolute atomic E-state index is 0.129. The molecule has 1 rings (SSSR count). The highest BCUT2D eigenvalue weighted by Crippen LogP contribution is 2.36. The SMILES string of the molecule is O=C(CO)Nc1ccc(NO)c(C(F)(F)F)c1. The molecule has 0 atom stereocenters. The summed E-state index contributed by atoms with van der Waals surface area (Å²) >= 11 is 0. The van der Waals surface area contributed by atoms with E-state index in [-0.39, 0.29) is 5.69 Å². The van der Waals surface area contributed by atoms with Crippen LogP contribution < -0.4 is 10.8 Å². The lowest BCUT2D eigenvalue weighted by Crippen LogP contribution is -2.16. The van der Waals surface area contributed by atoms with Gasteiger partial charge in [0.2, 0.25) is 5.91 Å². The molecule has 17 heavy (non-hydrogen) atoms. The third-order valence-corrected chi connectivity index (χ3v) is 1.87. The van der Waals surface area contributed by atoms with Crippen molar-refractivity contribution in [2.45, 2.75) is 6.18 Å². The van der Waals surface area contributed by atoms with Gasteiger partial charge < -0.3 is 10.4 Å². The monoisotopic (exact) mass is 250 g/mol. The number of nitrogens with one attached hydrogen (secondary N) is 2. The van der Waals surface area contributed by atoms with Crippen molar-refractivity contribution >= 4 is 17.3 Å². The summed E-state index contributed by atoms with van der Waals surface area (Å²) in [5, 5.41) is 19.0. The standard InChI is InChI=1S/C9H9F3N2O3/c10-9(11,12)6-3-5(13-8(16)4-15)1-2-7(6)14-17/h1-3,14-15,17H,4H2,(H,13,16). The summed E-state index contributed by atoms with van der Waals surface area (Å²) < 4.78 is 37.6. The maximum absolute atomic E-state index is 12.5. The second-order valence-electron chi connectivity index (χ2n) is 3.08. The molecule has 8 heteroatoms. The summed E-state index contributed by atoms with van der Waals surface area (Å²) in [5.41, 5.74) is -0.372. The lowest BCUT2D eigenvalue weighted by atomic mass is 10.1. The van der Waals surface area contributed by atoms with Gasteiger partial charge in [-0.05, 0) is 18.2 Å². The first-order chi connectivity index (χ1) is 7.88. The van der Waals surface area contributed by atoms with Crippen LogP contribution >= 0.6 is 0 Å². The Kier molecular flexibility index (Phi) is 3.92. The smallest absolute Gasteiger partial charge is 0.387 e. The second kappa shape index (κ2) is 5.02. The quantitative estimate of drug-likeness (QED) is 0.612. The van der Waals surface area contributed by atoms with Gasteiger partial charge in [0, 0.05) is 5.69 Å². The van der Waals surface area contributed by atoms with Crippen LogP contribution in [0.5, 0.6) is 0 Å². The van der Waals surface area contributed by atoms with E-state index in [2.05, 4.69) is 5.32 Å². The number of aliphatic hydroxyl groups is 1. The number of carbonyl (C=O) groups is 1. The first-order valence-electron chi connectivity index (χ1n) is 4.40. The topological polar surface area (TPSA) is 81.6 Å². The van der Waals surface area contributed by atoms with E-state index in [9.17, 15) is 18.0 Å². The van der Waals surface area contributed by atoms with Gasteiger partial charge in [-0.15, -0.1) is 0 Å². The van der Waals surface area contributed by atoms with E-state index in [1.807, 2.05) is 0 Å². The fourth-order valence-electron chi connectivity index (χ4n) is 1.15. The summed E-state index contributed by atoms with van der Waals surface area (Å²) in [7, 11) is 0. The van der Waals surface area contributed by atoms with Crippen LogP contribution in [0.25, 0.3) is 0 Å². The Bertz CT molecular complexity index is 420. The van der Waals surface area contributed by atoms with E-state index in [1.54, 1.807) is 0 Å². The molecule has 0 saturated carbocycles. The molecule has 4 N–H and O–H groups in total. The van der Waals surface area contributed by atoms with Gasteiger partial charge in [0.15, 0.2) is 0 Å². The molecule has 0 aliphatic heterocycles. The van der Waals surface area contributed by atoms with Gasteiger partial charge in [0.1, 0.15) is 6.61 Å². The minimum Gasteiger partial charge on any atom is -0.387 e. The molecule has 0 bridgehead atoms. The first kappa shape index (κ1) is 13.3. The molecule has 0 aliphatic carbocycles. The van der Waals surface area contributed by atoms with Crippen molar-refractivity contribution in [1.29, 1.82) is 0 Å². The van der Waals surface area contributed by atoms with E-state index in [1.165, 1.54) is 5.48 Å². The van der Waals surface area contributed by atoms with Crippen LogP contribution in [-0.4, -0.2) is 22.8 Å². The number of aliphatic hydroxyl groups excluding tert-OH is 1. The third-order valence-electron chi connectivity index (χ3n) is 1.87. The number of hydrogen-bond acceptors (Lipinski definition) is 4. The third kappa shape index (κ3) is 3.33. The lowest BCUT2D eigenvalue weighted by Gasteiger charge is -2.13. The van der Waals surface area contributed by atoms with Gasteiger partial charge in [-0.1, -0.05) is 0 Å². The minimum atomic E-state index is -4.68. The first-order valence-corrected chi connectivity index (χ1v) is 4.40. The Morgan fingerprint density at radius 2 is 2.00 bits per heavy atom. The van der Waals surface area contributed by atoms with Crippen molar-refractivity contribution in [3.8, 4) is 0 Å². The molecule has 1 amide bonds. The summed E-state index contributed by atoms with van der Waals surface area (Å²) in [4.78, 5) is 10.8. The zero-order valence-corrected chi connectivity index (χ0v) is 8.38. The van der Waals surface area contributed by atoms with Crippen LogP contribution in [0.15, 0.2) is 18.2 Å². The summed E-state index contributed by atoms with van der Waals surface area (Å²) in [6, 6.07) is 2.75. The lowest BCUT2D eigenvalue weighted by molar-refractivity contribution is -0.137. The Labute approximate surface area is 93.8 Å². The number of hydrogen-bond donors (Lipinski definition) is 4. The van der Waals surface area contributed by atoms with Crippen molar-refractivity contribution in [2.24, 2.45) is 0 Å². The Hall–Kier alpha value is -1.80. The number of alkyl halides is 3. The molecule has 1 aromatic carbocycles. The Morgan fingerprint density at radius 1 is 1.35 bits per heavy atom. The fourth-order valence-corrected chi connectivity index (χ4v) is 1.15. The van der Waals surface area contributed by atoms with Crippen molar-refractivity contribution in [3.05, 3.63) is 23.8 Å². The van der Waals surface area contributed by atoms with Crippen molar-refractivity contribution in [3.63, 3.8) is 0 Å². The van der Waals surface area contributed by atoms with E-state index in [0.717, 1.165) is 12.1 Å². The molecular formula is C9H9F3N2O3. The number of amides is 1. The normalized spacial score (nSPS) is 11.1. The van der Waals surface area contributed by atoms with Gasteiger partial charge in [-0.25, -0.2) is 0 Å².